The third-order valence-electron chi connectivity index (χ3n) is 5.49. The number of anilines is 1. The number of aryl methyl sites for hydroxylation is 1. The lowest BCUT2D eigenvalue weighted by Gasteiger charge is -2.13. The summed E-state index contributed by atoms with van der Waals surface area (Å²) in [6.45, 7) is 4.16. The van der Waals surface area contributed by atoms with Crippen LogP contribution in [0.3, 0.4) is 0 Å². The zero-order chi connectivity index (χ0) is 22.1. The summed E-state index contributed by atoms with van der Waals surface area (Å²) in [4.78, 5) is 13.4. The fraction of sp³-hybridized carbons (Fsp3) is 0.111. The molecule has 0 saturated heterocycles. The van der Waals surface area contributed by atoms with Gasteiger partial charge < -0.3 is 9.47 Å². The molecule has 0 saturated carbocycles. The zero-order valence-corrected chi connectivity index (χ0v) is 17.9. The molecule has 0 aliphatic carbocycles. The molecule has 3 aromatic rings. The highest BCUT2D eigenvalue weighted by atomic mass is 16.7. The summed E-state index contributed by atoms with van der Waals surface area (Å²) in [5.74, 6) is 1.33. The number of hydrazone groups is 1. The van der Waals surface area contributed by atoms with Gasteiger partial charge in [0, 0.05) is 0 Å². The maximum absolute atomic E-state index is 13.4. The van der Waals surface area contributed by atoms with Crippen molar-refractivity contribution < 1.29 is 14.3 Å². The topological polar surface area (TPSA) is 51.1 Å². The number of nitrogens with zero attached hydrogens (tertiary/aromatic N) is 2. The van der Waals surface area contributed by atoms with Gasteiger partial charge in [0.15, 0.2) is 11.5 Å². The van der Waals surface area contributed by atoms with E-state index in [2.05, 4.69) is 5.10 Å². The fourth-order valence-corrected chi connectivity index (χ4v) is 3.81. The second-order valence-corrected chi connectivity index (χ2v) is 7.74. The monoisotopic (exact) mass is 422 g/mol. The summed E-state index contributed by atoms with van der Waals surface area (Å²) in [7, 11) is 0. The van der Waals surface area contributed by atoms with Crippen LogP contribution in [-0.2, 0) is 4.79 Å². The van der Waals surface area contributed by atoms with Crippen molar-refractivity contribution in [2.45, 2.75) is 13.8 Å². The van der Waals surface area contributed by atoms with E-state index in [9.17, 15) is 4.79 Å². The van der Waals surface area contributed by atoms with Crippen LogP contribution in [0.1, 0.15) is 23.6 Å². The van der Waals surface area contributed by atoms with Gasteiger partial charge in [-0.15, -0.1) is 0 Å². The first-order chi connectivity index (χ1) is 15.6. The third-order valence-corrected chi connectivity index (χ3v) is 5.49. The van der Waals surface area contributed by atoms with Crippen molar-refractivity contribution in [1.82, 2.24) is 0 Å². The van der Waals surface area contributed by atoms with Crippen LogP contribution in [0.25, 0.3) is 11.6 Å². The minimum Gasteiger partial charge on any atom is -0.454 e. The second-order valence-electron chi connectivity index (χ2n) is 7.74. The average molecular weight is 422 g/mol. The molecule has 1 amide bonds. The first-order valence-corrected chi connectivity index (χ1v) is 10.4. The van der Waals surface area contributed by atoms with Crippen LogP contribution in [0.5, 0.6) is 11.5 Å². The molecule has 5 nitrogen and oxygen atoms in total. The van der Waals surface area contributed by atoms with Crippen LogP contribution in [0, 0.1) is 6.92 Å². The normalized spacial score (nSPS) is 16.6. The van der Waals surface area contributed by atoms with E-state index in [0.29, 0.717) is 11.3 Å². The van der Waals surface area contributed by atoms with E-state index in [0.717, 1.165) is 39.4 Å². The number of benzene rings is 3. The number of rotatable bonds is 4. The smallest absolute Gasteiger partial charge is 0.281 e. The molecule has 158 valence electrons. The van der Waals surface area contributed by atoms with Gasteiger partial charge in [-0.05, 0) is 54.8 Å². The Kier molecular flexibility index (Phi) is 5.07. The summed E-state index contributed by atoms with van der Waals surface area (Å²) in [6.07, 6.45) is 3.96. The van der Waals surface area contributed by atoms with Gasteiger partial charge in [-0.25, -0.2) is 0 Å². The van der Waals surface area contributed by atoms with Gasteiger partial charge in [0.1, 0.15) is 0 Å². The van der Waals surface area contributed by atoms with E-state index in [1.807, 2.05) is 98.8 Å². The minimum atomic E-state index is -0.139. The average Bonchev–Trinajstić information content (AvgIpc) is 3.40. The van der Waals surface area contributed by atoms with Gasteiger partial charge in [-0.3, -0.25) is 4.79 Å². The minimum absolute atomic E-state index is 0.139. The van der Waals surface area contributed by atoms with Gasteiger partial charge in [0.2, 0.25) is 6.79 Å². The van der Waals surface area contributed by atoms with Crippen LogP contribution < -0.4 is 14.5 Å². The Morgan fingerprint density at radius 3 is 2.47 bits per heavy atom. The number of carbonyl (C=O) groups excluding carboxylic acids is 1. The van der Waals surface area contributed by atoms with Crippen molar-refractivity contribution in [2.75, 3.05) is 11.8 Å². The first-order valence-electron chi connectivity index (χ1n) is 10.4. The maximum atomic E-state index is 13.4. The number of para-hydroxylation sites is 1. The number of allylic oxidation sites excluding steroid dienone is 2. The van der Waals surface area contributed by atoms with Crippen LogP contribution >= 0.6 is 0 Å². The molecule has 0 fully saturated rings. The molecule has 0 aromatic heterocycles. The van der Waals surface area contributed by atoms with E-state index in [1.165, 1.54) is 5.01 Å². The molecule has 5 heteroatoms. The van der Waals surface area contributed by atoms with Crippen LogP contribution in [-0.4, -0.2) is 18.4 Å². The van der Waals surface area contributed by atoms with Crippen molar-refractivity contribution in [3.8, 4) is 11.5 Å². The molecule has 0 atom stereocenters. The summed E-state index contributed by atoms with van der Waals surface area (Å²) in [5, 5.41) is 6.03. The van der Waals surface area contributed by atoms with Crippen LogP contribution in [0.15, 0.2) is 89.5 Å². The van der Waals surface area contributed by atoms with E-state index in [-0.39, 0.29) is 12.7 Å². The Morgan fingerprint density at radius 2 is 1.69 bits per heavy atom. The highest BCUT2D eigenvalue weighted by Crippen LogP contribution is 2.34. The molecule has 3 aromatic carbocycles. The van der Waals surface area contributed by atoms with Crippen molar-refractivity contribution in [2.24, 2.45) is 5.10 Å². The lowest BCUT2D eigenvalue weighted by molar-refractivity contribution is -0.114. The van der Waals surface area contributed by atoms with Crippen molar-refractivity contribution in [3.63, 3.8) is 0 Å². The molecule has 0 N–H and O–H groups in total. The standard InChI is InChI=1S/C27H22N2O3/c1-18-8-12-21(13-9-18)23(14-10-20-11-15-24-25(16-20)32-17-31-24)26-19(2)28-29(27(26)30)22-6-4-3-5-7-22/h3-16H,17H2,1-2H3/b14-10-,26-23+. The van der Waals surface area contributed by atoms with Crippen LogP contribution in [0.2, 0.25) is 0 Å². The molecule has 5 rings (SSSR count). The fourth-order valence-electron chi connectivity index (χ4n) is 3.81. The maximum Gasteiger partial charge on any atom is 0.281 e. The Labute approximate surface area is 186 Å². The number of ether oxygens (including phenoxy) is 2. The Morgan fingerprint density at radius 1 is 0.938 bits per heavy atom. The first kappa shape index (κ1) is 19.8. The number of amides is 1. The van der Waals surface area contributed by atoms with E-state index < -0.39 is 0 Å². The highest BCUT2D eigenvalue weighted by Gasteiger charge is 2.31. The predicted molar refractivity (Wildman–Crippen MR) is 127 cm³/mol. The van der Waals surface area contributed by atoms with Gasteiger partial charge >= 0.3 is 0 Å². The molecule has 2 heterocycles. The molecule has 0 radical (unpaired) electrons. The van der Waals surface area contributed by atoms with Gasteiger partial charge in [-0.1, -0.05) is 66.2 Å². The third kappa shape index (κ3) is 3.69. The Hall–Kier alpha value is -4.12. The van der Waals surface area contributed by atoms with Crippen molar-refractivity contribution in [3.05, 3.63) is 101 Å². The lowest BCUT2D eigenvalue weighted by Crippen LogP contribution is -2.21. The van der Waals surface area contributed by atoms with Crippen molar-refractivity contribution in [1.29, 1.82) is 0 Å². The summed E-state index contributed by atoms with van der Waals surface area (Å²) in [5.41, 5.74) is 5.92. The largest absolute Gasteiger partial charge is 0.454 e. The number of hydrogen-bond acceptors (Lipinski definition) is 4. The molecule has 2 aliphatic rings. The van der Waals surface area contributed by atoms with Crippen molar-refractivity contribution >= 4 is 29.0 Å². The highest BCUT2D eigenvalue weighted by molar-refractivity contribution is 6.34. The predicted octanol–water partition coefficient (Wildman–Crippen LogP) is 5.61. The zero-order valence-electron chi connectivity index (χ0n) is 17.9. The Balaban J connectivity index is 1.58. The Bertz CT molecular complexity index is 1270. The number of fused-ring (bicyclic) bond motifs is 1. The lowest BCUT2D eigenvalue weighted by atomic mass is 9.95. The molecule has 0 unspecified atom stereocenters. The number of hydrogen-bond donors (Lipinski definition) is 0. The van der Waals surface area contributed by atoms with Gasteiger partial charge in [0.25, 0.3) is 5.91 Å². The quantitative estimate of drug-likeness (QED) is 0.513. The van der Waals surface area contributed by atoms with Crippen LogP contribution in [0.4, 0.5) is 5.69 Å². The summed E-state index contributed by atoms with van der Waals surface area (Å²) < 4.78 is 10.9. The van der Waals surface area contributed by atoms with E-state index in [1.54, 1.807) is 0 Å². The molecular formula is C27H22N2O3. The molecule has 0 spiro atoms. The van der Waals surface area contributed by atoms with Gasteiger partial charge in [0.05, 0.1) is 17.0 Å². The van der Waals surface area contributed by atoms with E-state index in [4.69, 9.17) is 9.47 Å². The molecule has 32 heavy (non-hydrogen) atoms. The molecule has 2 aliphatic heterocycles. The van der Waals surface area contributed by atoms with E-state index >= 15 is 0 Å². The number of carbonyl (C=O) groups is 1. The van der Waals surface area contributed by atoms with Gasteiger partial charge in [-0.2, -0.15) is 10.1 Å². The summed E-state index contributed by atoms with van der Waals surface area (Å²) in [6, 6.07) is 23.4. The molecular weight excluding hydrogens is 400 g/mol. The second kappa shape index (κ2) is 8.19. The SMILES string of the molecule is CC1=NN(c2ccccc2)C(=O)/C1=C(\C=C/c1ccc2c(c1)OCO2)c1ccc(C)cc1. The molecule has 0 bridgehead atoms. The summed E-state index contributed by atoms with van der Waals surface area (Å²) >= 11 is 0.